The first-order valence-electron chi connectivity index (χ1n) is 4.64. The number of methoxy groups -OCH3 is 1. The fourth-order valence-corrected chi connectivity index (χ4v) is 1.31. The molecular formula is C12H16O2. The van der Waals surface area contributed by atoms with Crippen LogP contribution in [0.3, 0.4) is 0 Å². The van der Waals surface area contributed by atoms with E-state index in [2.05, 4.69) is 0 Å². The molecule has 0 fully saturated rings. The predicted octanol–water partition coefficient (Wildman–Crippen LogP) is 2.48. The highest BCUT2D eigenvalue weighted by Gasteiger charge is 1.97. The van der Waals surface area contributed by atoms with Crippen LogP contribution in [0.25, 0.3) is 5.57 Å². The van der Waals surface area contributed by atoms with Crippen molar-refractivity contribution in [3.05, 3.63) is 35.9 Å². The fourth-order valence-electron chi connectivity index (χ4n) is 1.31. The van der Waals surface area contributed by atoms with Gasteiger partial charge < -0.3 is 9.84 Å². The number of allylic oxidation sites excluding steroid dienone is 1. The molecule has 2 heteroatoms. The number of aliphatic hydroxyl groups excluding tert-OH is 1. The van der Waals surface area contributed by atoms with Crippen molar-refractivity contribution >= 4 is 5.57 Å². The molecule has 0 radical (unpaired) electrons. The average molecular weight is 192 g/mol. The SMILES string of the molecule is COc1ccc(/C(C)=C/C(C)O)cc1. The molecule has 0 aromatic heterocycles. The smallest absolute Gasteiger partial charge is 0.118 e. The zero-order valence-corrected chi connectivity index (χ0v) is 8.82. The Morgan fingerprint density at radius 1 is 1.36 bits per heavy atom. The van der Waals surface area contributed by atoms with Crippen LogP contribution in [0.2, 0.25) is 0 Å². The Balaban J connectivity index is 2.86. The second-order valence-corrected chi connectivity index (χ2v) is 3.32. The summed E-state index contributed by atoms with van der Waals surface area (Å²) in [4.78, 5) is 0. The molecule has 0 saturated carbocycles. The third-order valence-corrected chi connectivity index (χ3v) is 2.04. The summed E-state index contributed by atoms with van der Waals surface area (Å²) in [6, 6.07) is 7.78. The Morgan fingerprint density at radius 2 is 1.93 bits per heavy atom. The van der Waals surface area contributed by atoms with Gasteiger partial charge >= 0.3 is 0 Å². The fraction of sp³-hybridized carbons (Fsp3) is 0.333. The quantitative estimate of drug-likeness (QED) is 0.797. The molecule has 76 valence electrons. The molecular weight excluding hydrogens is 176 g/mol. The lowest BCUT2D eigenvalue weighted by atomic mass is 10.1. The molecule has 1 aromatic rings. The van der Waals surface area contributed by atoms with Crippen molar-refractivity contribution in [2.24, 2.45) is 0 Å². The van der Waals surface area contributed by atoms with E-state index >= 15 is 0 Å². The summed E-state index contributed by atoms with van der Waals surface area (Å²) in [6.07, 6.45) is 1.42. The monoisotopic (exact) mass is 192 g/mol. The molecule has 1 N–H and O–H groups in total. The minimum absolute atomic E-state index is 0.405. The van der Waals surface area contributed by atoms with Crippen LogP contribution in [-0.2, 0) is 0 Å². The van der Waals surface area contributed by atoms with Gasteiger partial charge in [0.1, 0.15) is 5.75 Å². The molecule has 0 aliphatic heterocycles. The lowest BCUT2D eigenvalue weighted by Crippen LogP contribution is -1.94. The Bertz CT molecular complexity index is 310. The number of aliphatic hydroxyl groups is 1. The molecule has 0 aliphatic rings. The van der Waals surface area contributed by atoms with Crippen molar-refractivity contribution < 1.29 is 9.84 Å². The van der Waals surface area contributed by atoms with Crippen molar-refractivity contribution in [2.45, 2.75) is 20.0 Å². The van der Waals surface area contributed by atoms with E-state index in [1.165, 1.54) is 0 Å². The third kappa shape index (κ3) is 2.89. The van der Waals surface area contributed by atoms with Gasteiger partial charge in [0.15, 0.2) is 0 Å². The predicted molar refractivity (Wildman–Crippen MR) is 58.3 cm³/mol. The Kier molecular flexibility index (Phi) is 3.72. The summed E-state index contributed by atoms with van der Waals surface area (Å²) in [6.45, 7) is 3.72. The molecule has 0 heterocycles. The van der Waals surface area contributed by atoms with Gasteiger partial charge in [0.25, 0.3) is 0 Å². The van der Waals surface area contributed by atoms with Gasteiger partial charge in [-0.05, 0) is 37.1 Å². The molecule has 0 aliphatic carbocycles. The maximum absolute atomic E-state index is 9.18. The second-order valence-electron chi connectivity index (χ2n) is 3.32. The maximum atomic E-state index is 9.18. The standard InChI is InChI=1S/C12H16O2/c1-9(8-10(2)13)11-4-6-12(14-3)7-5-11/h4-8,10,13H,1-3H3/b9-8+. The van der Waals surface area contributed by atoms with Crippen LogP contribution in [0, 0.1) is 0 Å². The lowest BCUT2D eigenvalue weighted by Gasteiger charge is -2.05. The molecule has 1 aromatic carbocycles. The molecule has 0 amide bonds. The summed E-state index contributed by atoms with van der Waals surface area (Å²) in [5, 5.41) is 9.18. The summed E-state index contributed by atoms with van der Waals surface area (Å²) >= 11 is 0. The second kappa shape index (κ2) is 4.82. The lowest BCUT2D eigenvalue weighted by molar-refractivity contribution is 0.244. The number of benzene rings is 1. The van der Waals surface area contributed by atoms with Gasteiger partial charge in [0.05, 0.1) is 13.2 Å². The third-order valence-electron chi connectivity index (χ3n) is 2.04. The summed E-state index contributed by atoms with van der Waals surface area (Å²) < 4.78 is 5.06. The van der Waals surface area contributed by atoms with E-state index in [9.17, 15) is 5.11 Å². The van der Waals surface area contributed by atoms with Gasteiger partial charge in [-0.1, -0.05) is 18.2 Å². The zero-order valence-electron chi connectivity index (χ0n) is 8.82. The van der Waals surface area contributed by atoms with E-state index in [4.69, 9.17) is 4.74 Å². The summed E-state index contributed by atoms with van der Waals surface area (Å²) in [5.74, 6) is 0.846. The van der Waals surface area contributed by atoms with Crippen LogP contribution in [0.4, 0.5) is 0 Å². The molecule has 0 bridgehead atoms. The average Bonchev–Trinajstić information content (AvgIpc) is 2.17. The summed E-state index contributed by atoms with van der Waals surface area (Å²) in [5.41, 5.74) is 2.18. The molecule has 1 atom stereocenters. The van der Waals surface area contributed by atoms with Gasteiger partial charge in [-0.25, -0.2) is 0 Å². The van der Waals surface area contributed by atoms with E-state index < -0.39 is 6.10 Å². The normalized spacial score (nSPS) is 13.9. The first kappa shape index (κ1) is 10.8. The van der Waals surface area contributed by atoms with Crippen LogP contribution in [0.15, 0.2) is 30.3 Å². The van der Waals surface area contributed by atoms with Gasteiger partial charge in [0, 0.05) is 0 Å². The van der Waals surface area contributed by atoms with Gasteiger partial charge in [-0.3, -0.25) is 0 Å². The zero-order chi connectivity index (χ0) is 10.6. The highest BCUT2D eigenvalue weighted by atomic mass is 16.5. The van der Waals surface area contributed by atoms with Crippen LogP contribution >= 0.6 is 0 Å². The van der Waals surface area contributed by atoms with Crippen LogP contribution in [0.5, 0.6) is 5.75 Å². The van der Waals surface area contributed by atoms with Crippen molar-refractivity contribution in [3.63, 3.8) is 0 Å². The van der Waals surface area contributed by atoms with Gasteiger partial charge in [-0.2, -0.15) is 0 Å². The largest absolute Gasteiger partial charge is 0.497 e. The van der Waals surface area contributed by atoms with Crippen LogP contribution < -0.4 is 4.74 Å². The van der Waals surface area contributed by atoms with Crippen LogP contribution in [-0.4, -0.2) is 18.3 Å². The van der Waals surface area contributed by atoms with E-state index in [0.717, 1.165) is 16.9 Å². The highest BCUT2D eigenvalue weighted by molar-refractivity contribution is 5.64. The Morgan fingerprint density at radius 3 is 2.36 bits per heavy atom. The Hall–Kier alpha value is -1.28. The number of hydrogen-bond donors (Lipinski definition) is 1. The van der Waals surface area contributed by atoms with Crippen molar-refractivity contribution in [3.8, 4) is 5.75 Å². The first-order chi connectivity index (χ1) is 6.63. The van der Waals surface area contributed by atoms with Crippen molar-refractivity contribution in [1.82, 2.24) is 0 Å². The van der Waals surface area contributed by atoms with E-state index in [1.54, 1.807) is 14.0 Å². The van der Waals surface area contributed by atoms with E-state index in [0.29, 0.717) is 0 Å². The number of rotatable bonds is 3. The van der Waals surface area contributed by atoms with Crippen molar-refractivity contribution in [1.29, 1.82) is 0 Å². The molecule has 1 rings (SSSR count). The number of hydrogen-bond acceptors (Lipinski definition) is 2. The maximum Gasteiger partial charge on any atom is 0.118 e. The van der Waals surface area contributed by atoms with Gasteiger partial charge in [-0.15, -0.1) is 0 Å². The van der Waals surface area contributed by atoms with Gasteiger partial charge in [0.2, 0.25) is 0 Å². The molecule has 0 spiro atoms. The molecule has 0 saturated heterocycles. The summed E-state index contributed by atoms with van der Waals surface area (Å²) in [7, 11) is 1.65. The first-order valence-corrected chi connectivity index (χ1v) is 4.64. The number of ether oxygens (including phenoxy) is 1. The highest BCUT2D eigenvalue weighted by Crippen LogP contribution is 2.18. The minimum Gasteiger partial charge on any atom is -0.497 e. The molecule has 1 unspecified atom stereocenters. The molecule has 14 heavy (non-hydrogen) atoms. The minimum atomic E-state index is -0.405. The Labute approximate surface area is 84.8 Å². The van der Waals surface area contributed by atoms with E-state index in [-0.39, 0.29) is 0 Å². The molecule has 2 nitrogen and oxygen atoms in total. The van der Waals surface area contributed by atoms with Crippen molar-refractivity contribution in [2.75, 3.05) is 7.11 Å². The topological polar surface area (TPSA) is 29.5 Å². The van der Waals surface area contributed by atoms with Crippen LogP contribution in [0.1, 0.15) is 19.4 Å². The van der Waals surface area contributed by atoms with E-state index in [1.807, 2.05) is 37.3 Å².